The van der Waals surface area contributed by atoms with Crippen molar-refractivity contribution in [3.8, 4) is 0 Å². The molecular formula is C19H19BrN4O. The minimum absolute atomic E-state index is 0.168. The number of carbonyl (C=O) groups excluding carboxylic acids is 1. The quantitative estimate of drug-likeness (QED) is 0.428. The lowest BCUT2D eigenvalue weighted by molar-refractivity contribution is -0.121. The van der Waals surface area contributed by atoms with Crippen molar-refractivity contribution in [1.29, 1.82) is 0 Å². The summed E-state index contributed by atoms with van der Waals surface area (Å²) in [7, 11) is 0. The number of fused-ring (bicyclic) bond motifs is 1. The number of nitrogens with one attached hydrogen (secondary N) is 3. The van der Waals surface area contributed by atoms with Crippen LogP contribution in [0.2, 0.25) is 0 Å². The van der Waals surface area contributed by atoms with Crippen molar-refractivity contribution in [2.75, 3.05) is 5.32 Å². The van der Waals surface area contributed by atoms with Gasteiger partial charge in [0.1, 0.15) is 6.04 Å². The zero-order valence-electron chi connectivity index (χ0n) is 13.8. The summed E-state index contributed by atoms with van der Waals surface area (Å²) >= 11 is 3.43. The number of nitrogens with zero attached hydrogens (tertiary/aromatic N) is 1. The fourth-order valence-corrected chi connectivity index (χ4v) is 2.98. The maximum Gasteiger partial charge on any atom is 0.262 e. The number of rotatable bonds is 6. The van der Waals surface area contributed by atoms with Crippen LogP contribution in [0.1, 0.15) is 18.9 Å². The lowest BCUT2D eigenvalue weighted by Crippen LogP contribution is -2.36. The minimum Gasteiger partial charge on any atom is -0.374 e. The van der Waals surface area contributed by atoms with E-state index in [1.165, 1.54) is 0 Å². The molecule has 0 unspecified atom stereocenters. The molecule has 0 saturated heterocycles. The highest BCUT2D eigenvalue weighted by Crippen LogP contribution is 2.17. The van der Waals surface area contributed by atoms with Crippen LogP contribution in [0.15, 0.2) is 64.3 Å². The molecule has 3 aromatic rings. The van der Waals surface area contributed by atoms with Gasteiger partial charge in [-0.25, -0.2) is 5.43 Å². The van der Waals surface area contributed by atoms with E-state index >= 15 is 0 Å². The molecule has 2 aromatic carbocycles. The van der Waals surface area contributed by atoms with Crippen molar-refractivity contribution in [2.45, 2.75) is 19.4 Å². The Morgan fingerprint density at radius 2 is 2.12 bits per heavy atom. The predicted molar refractivity (Wildman–Crippen MR) is 106 cm³/mol. The fourth-order valence-electron chi connectivity index (χ4n) is 2.58. The van der Waals surface area contributed by atoms with Crippen molar-refractivity contribution in [3.63, 3.8) is 0 Å². The highest BCUT2D eigenvalue weighted by Gasteiger charge is 2.15. The lowest BCUT2D eigenvalue weighted by atomic mass is 10.2. The first-order valence-corrected chi connectivity index (χ1v) is 8.88. The van der Waals surface area contributed by atoms with Crippen LogP contribution in [0.25, 0.3) is 10.9 Å². The molecule has 0 bridgehead atoms. The summed E-state index contributed by atoms with van der Waals surface area (Å²) in [5.74, 6) is -0.168. The normalized spacial score (nSPS) is 12.4. The molecule has 0 aliphatic carbocycles. The molecule has 0 aliphatic rings. The van der Waals surface area contributed by atoms with E-state index in [0.717, 1.165) is 26.6 Å². The van der Waals surface area contributed by atoms with Crippen LogP contribution >= 0.6 is 15.9 Å². The van der Waals surface area contributed by atoms with E-state index in [1.807, 2.05) is 61.7 Å². The summed E-state index contributed by atoms with van der Waals surface area (Å²) in [6.45, 7) is 1.96. The lowest BCUT2D eigenvalue weighted by Gasteiger charge is -2.16. The summed E-state index contributed by atoms with van der Waals surface area (Å²) in [4.78, 5) is 15.5. The number of anilines is 1. The monoisotopic (exact) mass is 398 g/mol. The van der Waals surface area contributed by atoms with Crippen LogP contribution in [0, 0.1) is 0 Å². The van der Waals surface area contributed by atoms with E-state index in [4.69, 9.17) is 0 Å². The molecule has 6 heteroatoms. The molecule has 0 saturated carbocycles. The summed E-state index contributed by atoms with van der Waals surface area (Å²) in [5.41, 5.74) is 5.47. The Balaban J connectivity index is 1.64. The smallest absolute Gasteiger partial charge is 0.262 e. The van der Waals surface area contributed by atoms with Crippen molar-refractivity contribution < 1.29 is 4.79 Å². The van der Waals surface area contributed by atoms with Crippen molar-refractivity contribution in [1.82, 2.24) is 10.4 Å². The van der Waals surface area contributed by atoms with Gasteiger partial charge in [0.15, 0.2) is 0 Å². The summed E-state index contributed by atoms with van der Waals surface area (Å²) < 4.78 is 0.963. The van der Waals surface area contributed by atoms with Gasteiger partial charge >= 0.3 is 0 Å². The molecule has 1 heterocycles. The minimum atomic E-state index is -0.352. The van der Waals surface area contributed by atoms with E-state index in [1.54, 1.807) is 6.21 Å². The number of hydrogen-bond donors (Lipinski definition) is 3. The molecule has 1 atom stereocenters. The van der Waals surface area contributed by atoms with Gasteiger partial charge in [0.05, 0.1) is 6.21 Å². The first-order valence-electron chi connectivity index (χ1n) is 8.08. The Bertz CT molecular complexity index is 903. The molecule has 0 fully saturated rings. The Kier molecular flexibility index (Phi) is 5.50. The maximum atomic E-state index is 12.3. The molecular weight excluding hydrogens is 380 g/mol. The predicted octanol–water partition coefficient (Wildman–Crippen LogP) is 4.27. The molecule has 5 nitrogen and oxygen atoms in total. The van der Waals surface area contributed by atoms with Crippen molar-refractivity contribution in [2.24, 2.45) is 5.10 Å². The third-order valence-electron chi connectivity index (χ3n) is 3.89. The molecule has 1 amide bonds. The summed E-state index contributed by atoms with van der Waals surface area (Å²) in [6.07, 6.45) is 4.18. The number of aromatic amines is 1. The zero-order chi connectivity index (χ0) is 17.6. The average molecular weight is 399 g/mol. The van der Waals surface area contributed by atoms with E-state index in [9.17, 15) is 4.79 Å². The number of benzene rings is 2. The number of hydrazone groups is 1. The van der Waals surface area contributed by atoms with Crippen LogP contribution in [0.3, 0.4) is 0 Å². The van der Waals surface area contributed by atoms with Gasteiger partial charge in [0.2, 0.25) is 0 Å². The number of hydrogen-bond acceptors (Lipinski definition) is 3. The third-order valence-corrected chi connectivity index (χ3v) is 4.38. The van der Waals surface area contributed by atoms with Crippen LogP contribution in [0.5, 0.6) is 0 Å². The van der Waals surface area contributed by atoms with Gasteiger partial charge in [-0.1, -0.05) is 47.1 Å². The number of halogens is 1. The standard InChI is InChI=1S/C19H19BrN4O/c1-2-17(23-15-7-5-6-14(20)10-15)19(25)24-22-12-13-11-21-18-9-4-3-8-16(13)18/h3-12,17,21,23H,2H2,1H3,(H,24,25)/b22-12+/t17-/m0/s1. The van der Waals surface area contributed by atoms with Gasteiger partial charge in [-0.15, -0.1) is 0 Å². The number of aromatic nitrogens is 1. The SMILES string of the molecule is CC[C@H](Nc1cccc(Br)c1)C(=O)N/N=C/c1c[nH]c2ccccc12. The molecule has 3 N–H and O–H groups in total. The molecule has 0 radical (unpaired) electrons. The largest absolute Gasteiger partial charge is 0.374 e. The molecule has 1 aromatic heterocycles. The van der Waals surface area contributed by atoms with Crippen LogP contribution < -0.4 is 10.7 Å². The Hall–Kier alpha value is -2.60. The van der Waals surface area contributed by atoms with E-state index in [2.05, 4.69) is 36.8 Å². The van der Waals surface area contributed by atoms with Gasteiger partial charge in [0.25, 0.3) is 5.91 Å². The van der Waals surface area contributed by atoms with Crippen LogP contribution in [-0.2, 0) is 4.79 Å². The zero-order valence-corrected chi connectivity index (χ0v) is 15.4. The van der Waals surface area contributed by atoms with Crippen LogP contribution in [-0.4, -0.2) is 23.1 Å². The second-order valence-corrected chi connectivity index (χ2v) is 6.56. The Labute approximate surface area is 154 Å². The van der Waals surface area contributed by atoms with Crippen LogP contribution in [0.4, 0.5) is 5.69 Å². The first-order chi connectivity index (χ1) is 12.2. The molecule has 25 heavy (non-hydrogen) atoms. The summed E-state index contributed by atoms with van der Waals surface area (Å²) in [6, 6.07) is 15.3. The highest BCUT2D eigenvalue weighted by atomic mass is 79.9. The average Bonchev–Trinajstić information content (AvgIpc) is 3.03. The van der Waals surface area contributed by atoms with Gasteiger partial charge < -0.3 is 10.3 Å². The van der Waals surface area contributed by atoms with Gasteiger partial charge in [0, 0.05) is 32.8 Å². The first kappa shape index (κ1) is 17.2. The number of H-pyrrole nitrogens is 1. The fraction of sp³-hybridized carbons (Fsp3) is 0.158. The number of carbonyl (C=O) groups is 1. The third kappa shape index (κ3) is 4.28. The molecule has 3 rings (SSSR count). The van der Waals surface area contributed by atoms with Gasteiger partial charge in [-0.3, -0.25) is 4.79 Å². The Morgan fingerprint density at radius 1 is 1.28 bits per heavy atom. The van der Waals surface area contributed by atoms with E-state index < -0.39 is 0 Å². The molecule has 128 valence electrons. The molecule has 0 aliphatic heterocycles. The molecule has 0 spiro atoms. The van der Waals surface area contributed by atoms with E-state index in [0.29, 0.717) is 6.42 Å². The number of para-hydroxylation sites is 1. The Morgan fingerprint density at radius 3 is 2.92 bits per heavy atom. The highest BCUT2D eigenvalue weighted by molar-refractivity contribution is 9.10. The second-order valence-electron chi connectivity index (χ2n) is 5.64. The topological polar surface area (TPSA) is 69.3 Å². The maximum absolute atomic E-state index is 12.3. The van der Waals surface area contributed by atoms with Gasteiger partial charge in [-0.05, 0) is 30.7 Å². The van der Waals surface area contributed by atoms with Crippen molar-refractivity contribution in [3.05, 3.63) is 64.8 Å². The summed E-state index contributed by atoms with van der Waals surface area (Å²) in [5, 5.41) is 8.39. The van der Waals surface area contributed by atoms with Crippen molar-refractivity contribution >= 4 is 44.6 Å². The van der Waals surface area contributed by atoms with E-state index in [-0.39, 0.29) is 11.9 Å². The second kappa shape index (κ2) is 7.98. The van der Waals surface area contributed by atoms with Gasteiger partial charge in [-0.2, -0.15) is 5.10 Å². The number of amides is 1.